The Morgan fingerprint density at radius 1 is 1.09 bits per heavy atom. The van der Waals surface area contributed by atoms with Gasteiger partial charge in [0.15, 0.2) is 0 Å². The van der Waals surface area contributed by atoms with Crippen molar-refractivity contribution in [1.29, 1.82) is 0 Å². The molecule has 3 heteroatoms. The van der Waals surface area contributed by atoms with E-state index in [1.54, 1.807) is 0 Å². The lowest BCUT2D eigenvalue weighted by Crippen LogP contribution is -2.34. The molecule has 0 aliphatic carbocycles. The van der Waals surface area contributed by atoms with Crippen LogP contribution in [0.3, 0.4) is 0 Å². The van der Waals surface area contributed by atoms with E-state index in [2.05, 4.69) is 10.6 Å². The van der Waals surface area contributed by atoms with Crippen LogP contribution in [0.1, 0.15) is 19.3 Å². The van der Waals surface area contributed by atoms with Crippen LogP contribution in [0.15, 0.2) is 0 Å². The van der Waals surface area contributed by atoms with Gasteiger partial charge in [0.25, 0.3) is 0 Å². The van der Waals surface area contributed by atoms with Crippen molar-refractivity contribution in [3.63, 3.8) is 0 Å². The minimum atomic E-state index is 0.184. The lowest BCUT2D eigenvalue weighted by atomic mass is 9.95. The molecule has 2 fully saturated rings. The molecule has 2 aliphatic rings. The third kappa shape index (κ3) is 1.55. The molecule has 11 heavy (non-hydrogen) atoms. The maximum Gasteiger partial charge on any atom is 0.0974 e. The number of hydrogen-bond donors (Lipinski definition) is 2. The van der Waals surface area contributed by atoms with Crippen molar-refractivity contribution in [3.05, 3.63) is 0 Å². The maximum absolute atomic E-state index is 5.71. The SMILES string of the molecule is C1CNCCC2(C1)CNCO2. The first kappa shape index (κ1) is 7.53. The molecular formula is C8H16N2O. The summed E-state index contributed by atoms with van der Waals surface area (Å²) >= 11 is 0. The fraction of sp³-hybridized carbons (Fsp3) is 1.00. The van der Waals surface area contributed by atoms with Gasteiger partial charge in [0.05, 0.1) is 12.3 Å². The molecule has 0 amide bonds. The average molecular weight is 156 g/mol. The first-order valence-corrected chi connectivity index (χ1v) is 4.47. The summed E-state index contributed by atoms with van der Waals surface area (Å²) in [5.74, 6) is 0. The van der Waals surface area contributed by atoms with E-state index in [9.17, 15) is 0 Å². The zero-order valence-corrected chi connectivity index (χ0v) is 6.86. The molecule has 64 valence electrons. The van der Waals surface area contributed by atoms with Crippen LogP contribution in [0, 0.1) is 0 Å². The summed E-state index contributed by atoms with van der Waals surface area (Å²) in [6.07, 6.45) is 3.63. The smallest absolute Gasteiger partial charge is 0.0974 e. The van der Waals surface area contributed by atoms with E-state index in [0.29, 0.717) is 0 Å². The highest BCUT2D eigenvalue weighted by molar-refractivity contribution is 4.89. The monoisotopic (exact) mass is 156 g/mol. The number of hydrogen-bond acceptors (Lipinski definition) is 3. The van der Waals surface area contributed by atoms with Gasteiger partial charge >= 0.3 is 0 Å². The largest absolute Gasteiger partial charge is 0.358 e. The molecule has 1 unspecified atom stereocenters. The first-order chi connectivity index (χ1) is 5.41. The van der Waals surface area contributed by atoms with Gasteiger partial charge in [-0.2, -0.15) is 0 Å². The second kappa shape index (κ2) is 3.09. The Bertz CT molecular complexity index is 122. The molecule has 0 bridgehead atoms. The standard InChI is InChI=1S/C8H16N2O/c1-2-8(3-5-9-4-1)6-10-7-11-8/h9-10H,1-7H2. The number of nitrogens with one attached hydrogen (secondary N) is 2. The molecule has 0 aromatic carbocycles. The summed E-state index contributed by atoms with van der Waals surface area (Å²) in [5, 5.41) is 6.65. The van der Waals surface area contributed by atoms with E-state index in [-0.39, 0.29) is 5.60 Å². The Hall–Kier alpha value is -0.120. The summed E-state index contributed by atoms with van der Waals surface area (Å²) in [5.41, 5.74) is 0.184. The molecule has 0 saturated carbocycles. The maximum atomic E-state index is 5.71. The van der Waals surface area contributed by atoms with Gasteiger partial charge in [0.1, 0.15) is 0 Å². The van der Waals surface area contributed by atoms with E-state index < -0.39 is 0 Å². The lowest BCUT2D eigenvalue weighted by Gasteiger charge is -2.24. The summed E-state index contributed by atoms with van der Waals surface area (Å²) < 4.78 is 5.71. The molecule has 0 radical (unpaired) electrons. The van der Waals surface area contributed by atoms with E-state index in [1.807, 2.05) is 0 Å². The summed E-state index contributed by atoms with van der Waals surface area (Å²) in [4.78, 5) is 0. The summed E-state index contributed by atoms with van der Waals surface area (Å²) in [6, 6.07) is 0. The fourth-order valence-electron chi connectivity index (χ4n) is 1.96. The van der Waals surface area contributed by atoms with Gasteiger partial charge < -0.3 is 10.1 Å². The van der Waals surface area contributed by atoms with Gasteiger partial charge in [0.2, 0.25) is 0 Å². The Morgan fingerprint density at radius 2 is 2.09 bits per heavy atom. The van der Waals surface area contributed by atoms with Gasteiger partial charge in [-0.1, -0.05) is 0 Å². The zero-order chi connectivity index (χ0) is 7.57. The Morgan fingerprint density at radius 3 is 2.91 bits per heavy atom. The quantitative estimate of drug-likeness (QED) is 0.521. The normalized spacial score (nSPS) is 39.3. The van der Waals surface area contributed by atoms with Crippen LogP contribution in [-0.4, -0.2) is 32.0 Å². The molecule has 0 aromatic rings. The number of ether oxygens (including phenoxy) is 1. The second-order valence-corrected chi connectivity index (χ2v) is 3.50. The highest BCUT2D eigenvalue weighted by Gasteiger charge is 2.34. The first-order valence-electron chi connectivity index (χ1n) is 4.47. The minimum absolute atomic E-state index is 0.184. The molecule has 3 nitrogen and oxygen atoms in total. The van der Waals surface area contributed by atoms with Crippen molar-refractivity contribution >= 4 is 0 Å². The van der Waals surface area contributed by atoms with E-state index in [4.69, 9.17) is 4.74 Å². The van der Waals surface area contributed by atoms with Gasteiger partial charge in [0, 0.05) is 6.54 Å². The van der Waals surface area contributed by atoms with E-state index in [1.165, 1.54) is 19.3 Å². The van der Waals surface area contributed by atoms with Crippen LogP contribution >= 0.6 is 0 Å². The van der Waals surface area contributed by atoms with Crippen LogP contribution in [0.2, 0.25) is 0 Å². The highest BCUT2D eigenvalue weighted by atomic mass is 16.5. The summed E-state index contributed by atoms with van der Waals surface area (Å²) in [6.45, 7) is 4.07. The van der Waals surface area contributed by atoms with Gasteiger partial charge in [-0.15, -0.1) is 0 Å². The van der Waals surface area contributed by atoms with Crippen molar-refractivity contribution in [1.82, 2.24) is 10.6 Å². The molecule has 1 spiro atoms. The van der Waals surface area contributed by atoms with Crippen LogP contribution in [-0.2, 0) is 4.74 Å². The molecular weight excluding hydrogens is 140 g/mol. The van der Waals surface area contributed by atoms with Gasteiger partial charge in [-0.05, 0) is 32.4 Å². The molecule has 2 N–H and O–H groups in total. The zero-order valence-electron chi connectivity index (χ0n) is 6.86. The van der Waals surface area contributed by atoms with Gasteiger partial charge in [-0.25, -0.2) is 0 Å². The Labute approximate surface area is 67.5 Å². The van der Waals surface area contributed by atoms with Gasteiger partial charge in [-0.3, -0.25) is 5.32 Å². The van der Waals surface area contributed by atoms with Crippen LogP contribution in [0.25, 0.3) is 0 Å². The van der Waals surface area contributed by atoms with Crippen molar-refractivity contribution in [3.8, 4) is 0 Å². The predicted molar refractivity (Wildman–Crippen MR) is 43.4 cm³/mol. The second-order valence-electron chi connectivity index (χ2n) is 3.50. The topological polar surface area (TPSA) is 33.3 Å². The fourth-order valence-corrected chi connectivity index (χ4v) is 1.96. The van der Waals surface area contributed by atoms with Crippen molar-refractivity contribution in [2.45, 2.75) is 24.9 Å². The minimum Gasteiger partial charge on any atom is -0.358 e. The Balaban J connectivity index is 1.97. The molecule has 1 atom stereocenters. The predicted octanol–water partition coefficient (Wildman–Crippen LogP) is 0.0760. The molecule has 2 heterocycles. The molecule has 2 saturated heterocycles. The lowest BCUT2D eigenvalue weighted by molar-refractivity contribution is 0.00170. The van der Waals surface area contributed by atoms with Crippen LogP contribution in [0.5, 0.6) is 0 Å². The van der Waals surface area contributed by atoms with Crippen molar-refractivity contribution in [2.75, 3.05) is 26.4 Å². The average Bonchev–Trinajstić information content (AvgIpc) is 2.32. The third-order valence-electron chi connectivity index (χ3n) is 2.67. The molecule has 2 aliphatic heterocycles. The van der Waals surface area contributed by atoms with Crippen LogP contribution < -0.4 is 10.6 Å². The third-order valence-corrected chi connectivity index (χ3v) is 2.67. The highest BCUT2D eigenvalue weighted by Crippen LogP contribution is 2.25. The van der Waals surface area contributed by atoms with E-state index >= 15 is 0 Å². The molecule has 0 aromatic heterocycles. The number of rotatable bonds is 0. The Kier molecular flexibility index (Phi) is 2.11. The van der Waals surface area contributed by atoms with Crippen LogP contribution in [0.4, 0.5) is 0 Å². The van der Waals surface area contributed by atoms with Crippen molar-refractivity contribution < 1.29 is 4.74 Å². The summed E-state index contributed by atoms with van der Waals surface area (Å²) in [7, 11) is 0. The molecule has 2 rings (SSSR count). The van der Waals surface area contributed by atoms with Crippen molar-refractivity contribution in [2.24, 2.45) is 0 Å². The van der Waals surface area contributed by atoms with E-state index in [0.717, 1.165) is 26.4 Å².